The molecule has 1 aromatic heterocycles. The zero-order chi connectivity index (χ0) is 22.5. The van der Waals surface area contributed by atoms with Crippen LogP contribution in [0.1, 0.15) is 11.6 Å². The predicted molar refractivity (Wildman–Crippen MR) is 127 cm³/mol. The third-order valence-corrected chi connectivity index (χ3v) is 6.31. The largest absolute Gasteiger partial charge is 0.379 e. The lowest BCUT2D eigenvalue weighted by molar-refractivity contribution is -0.122. The Balaban J connectivity index is 1.49. The molecular formula is C22H23Cl2N5O2S. The number of aromatic amines is 1. The van der Waals surface area contributed by atoms with Crippen LogP contribution >= 0.6 is 35.4 Å². The van der Waals surface area contributed by atoms with E-state index in [2.05, 4.69) is 20.4 Å². The van der Waals surface area contributed by atoms with Gasteiger partial charge >= 0.3 is 0 Å². The van der Waals surface area contributed by atoms with Crippen LogP contribution in [0.2, 0.25) is 10.0 Å². The van der Waals surface area contributed by atoms with E-state index in [9.17, 15) is 4.79 Å². The van der Waals surface area contributed by atoms with E-state index in [0.29, 0.717) is 40.4 Å². The van der Waals surface area contributed by atoms with E-state index in [1.807, 2.05) is 36.4 Å². The molecule has 0 radical (unpaired) electrons. The maximum atomic E-state index is 12.9. The third kappa shape index (κ3) is 5.39. The van der Waals surface area contributed by atoms with Crippen molar-refractivity contribution in [2.45, 2.75) is 12.6 Å². The number of carbonyl (C=O) groups excluding carboxylic acids is 1. The minimum absolute atomic E-state index is 0.0473. The Bertz CT molecular complexity index is 1130. The fourth-order valence-electron chi connectivity index (χ4n) is 3.76. The van der Waals surface area contributed by atoms with Crippen LogP contribution in [-0.2, 0) is 16.1 Å². The number of H-pyrrole nitrogens is 1. The molecule has 4 rings (SSSR count). The van der Waals surface area contributed by atoms with Crippen molar-refractivity contribution in [1.29, 1.82) is 0 Å². The minimum Gasteiger partial charge on any atom is -0.379 e. The van der Waals surface area contributed by atoms with Gasteiger partial charge in [-0.2, -0.15) is 5.10 Å². The second-order valence-electron chi connectivity index (χ2n) is 7.44. The zero-order valence-electron chi connectivity index (χ0n) is 17.3. The summed E-state index contributed by atoms with van der Waals surface area (Å²) in [5, 5.41) is 11.4. The zero-order valence-corrected chi connectivity index (χ0v) is 19.6. The topological polar surface area (TPSA) is 75.2 Å². The molecule has 1 saturated heterocycles. The number of morpholine rings is 1. The van der Waals surface area contributed by atoms with Crippen LogP contribution in [0.4, 0.5) is 0 Å². The normalized spacial score (nSPS) is 15.4. The molecule has 168 valence electrons. The second-order valence-corrected chi connectivity index (χ2v) is 8.67. The Morgan fingerprint density at radius 1 is 1.16 bits per heavy atom. The highest BCUT2D eigenvalue weighted by Crippen LogP contribution is 2.28. The SMILES string of the molecule is O=C(Cn1c(-c2ccc(Cl)cc2)n[nH]c1=S)NCC(c1ccccc1Cl)N1CCOCC1. The number of nitrogens with one attached hydrogen (secondary N) is 2. The van der Waals surface area contributed by atoms with Gasteiger partial charge in [0.2, 0.25) is 5.91 Å². The van der Waals surface area contributed by atoms with Crippen LogP contribution in [0.5, 0.6) is 0 Å². The number of halogens is 2. The van der Waals surface area contributed by atoms with E-state index in [4.69, 9.17) is 40.2 Å². The highest BCUT2D eigenvalue weighted by atomic mass is 35.5. The maximum Gasteiger partial charge on any atom is 0.240 e. The quantitative estimate of drug-likeness (QED) is 0.486. The van der Waals surface area contributed by atoms with Gasteiger partial charge in [-0.05, 0) is 48.1 Å². The van der Waals surface area contributed by atoms with Crippen molar-refractivity contribution < 1.29 is 9.53 Å². The molecule has 1 aliphatic rings. The van der Waals surface area contributed by atoms with Crippen molar-refractivity contribution in [3.63, 3.8) is 0 Å². The van der Waals surface area contributed by atoms with Gasteiger partial charge in [0.05, 0.1) is 19.3 Å². The minimum atomic E-state index is -0.164. The van der Waals surface area contributed by atoms with Crippen LogP contribution in [0.15, 0.2) is 48.5 Å². The first-order valence-corrected chi connectivity index (χ1v) is 11.4. The fraction of sp³-hybridized carbons (Fsp3) is 0.318. The first-order valence-electron chi connectivity index (χ1n) is 10.3. The number of hydrogen-bond donors (Lipinski definition) is 2. The summed E-state index contributed by atoms with van der Waals surface area (Å²) in [5.74, 6) is 0.417. The summed E-state index contributed by atoms with van der Waals surface area (Å²) in [5.41, 5.74) is 1.80. The van der Waals surface area contributed by atoms with Crippen molar-refractivity contribution in [2.24, 2.45) is 0 Å². The van der Waals surface area contributed by atoms with Crippen LogP contribution in [0.3, 0.4) is 0 Å². The smallest absolute Gasteiger partial charge is 0.240 e. The molecule has 10 heteroatoms. The van der Waals surface area contributed by atoms with Crippen molar-refractivity contribution >= 4 is 41.3 Å². The molecule has 2 aromatic carbocycles. The summed E-state index contributed by atoms with van der Waals surface area (Å²) in [6, 6.07) is 14.9. The lowest BCUT2D eigenvalue weighted by Crippen LogP contribution is -2.44. The third-order valence-electron chi connectivity index (χ3n) is 5.41. The van der Waals surface area contributed by atoms with Gasteiger partial charge in [-0.15, -0.1) is 0 Å². The van der Waals surface area contributed by atoms with Crippen LogP contribution in [0.25, 0.3) is 11.4 Å². The molecule has 7 nitrogen and oxygen atoms in total. The predicted octanol–water partition coefficient (Wildman–Crippen LogP) is 4.10. The first kappa shape index (κ1) is 22.9. The highest BCUT2D eigenvalue weighted by Gasteiger charge is 2.25. The monoisotopic (exact) mass is 491 g/mol. The Morgan fingerprint density at radius 2 is 1.88 bits per heavy atom. The van der Waals surface area contributed by atoms with Gasteiger partial charge in [-0.25, -0.2) is 0 Å². The molecule has 32 heavy (non-hydrogen) atoms. The molecule has 0 saturated carbocycles. The van der Waals surface area contributed by atoms with Crippen LogP contribution in [0, 0.1) is 4.77 Å². The van der Waals surface area contributed by atoms with Crippen LogP contribution in [-0.4, -0.2) is 58.4 Å². The Morgan fingerprint density at radius 3 is 2.59 bits per heavy atom. The number of nitrogens with zero attached hydrogens (tertiary/aromatic N) is 3. The van der Waals surface area contributed by atoms with Crippen molar-refractivity contribution in [3.05, 3.63) is 68.9 Å². The van der Waals surface area contributed by atoms with Gasteiger partial charge in [0.1, 0.15) is 6.54 Å². The van der Waals surface area contributed by atoms with Gasteiger partial charge in [-0.3, -0.25) is 19.4 Å². The Labute approximate surface area is 201 Å². The summed E-state index contributed by atoms with van der Waals surface area (Å²) in [4.78, 5) is 15.2. The lowest BCUT2D eigenvalue weighted by atomic mass is 10.0. The summed E-state index contributed by atoms with van der Waals surface area (Å²) in [7, 11) is 0. The van der Waals surface area contributed by atoms with Crippen molar-refractivity contribution in [2.75, 3.05) is 32.8 Å². The second kappa shape index (κ2) is 10.6. The number of aromatic nitrogens is 3. The molecule has 1 amide bonds. The lowest BCUT2D eigenvalue weighted by Gasteiger charge is -2.35. The van der Waals surface area contributed by atoms with Crippen molar-refractivity contribution in [3.8, 4) is 11.4 Å². The molecule has 1 aliphatic heterocycles. The Hall–Kier alpha value is -2.23. The van der Waals surface area contributed by atoms with E-state index < -0.39 is 0 Å². The maximum absolute atomic E-state index is 12.9. The number of rotatable bonds is 7. The molecule has 0 bridgehead atoms. The molecule has 1 atom stereocenters. The number of amides is 1. The van der Waals surface area contributed by atoms with E-state index >= 15 is 0 Å². The Kier molecular flexibility index (Phi) is 7.59. The van der Waals surface area contributed by atoms with Gasteiger partial charge in [0.15, 0.2) is 10.6 Å². The van der Waals surface area contributed by atoms with E-state index in [1.54, 1.807) is 16.7 Å². The summed E-state index contributed by atoms with van der Waals surface area (Å²) < 4.78 is 7.54. The molecule has 1 fully saturated rings. The van der Waals surface area contributed by atoms with Gasteiger partial charge in [-0.1, -0.05) is 41.4 Å². The van der Waals surface area contributed by atoms with E-state index in [-0.39, 0.29) is 18.5 Å². The number of hydrogen-bond acceptors (Lipinski definition) is 5. The van der Waals surface area contributed by atoms with Crippen LogP contribution < -0.4 is 5.32 Å². The summed E-state index contributed by atoms with van der Waals surface area (Å²) >= 11 is 17.8. The van der Waals surface area contributed by atoms with E-state index in [1.165, 1.54) is 0 Å². The molecule has 0 spiro atoms. The number of ether oxygens (including phenoxy) is 1. The molecular weight excluding hydrogens is 469 g/mol. The highest BCUT2D eigenvalue weighted by molar-refractivity contribution is 7.71. The molecule has 2 heterocycles. The standard InChI is InChI=1S/C22H23Cl2N5O2S/c23-16-7-5-15(6-8-16)21-26-27-22(32)29(21)14-20(30)25-13-19(28-9-11-31-12-10-28)17-3-1-2-4-18(17)24/h1-8,19H,9-14H2,(H,25,30)(H,27,32). The average molecular weight is 492 g/mol. The number of benzene rings is 2. The molecule has 3 aromatic rings. The van der Waals surface area contributed by atoms with Crippen molar-refractivity contribution in [1.82, 2.24) is 25.0 Å². The van der Waals surface area contributed by atoms with Gasteiger partial charge < -0.3 is 10.1 Å². The molecule has 0 aliphatic carbocycles. The molecule has 2 N–H and O–H groups in total. The average Bonchev–Trinajstić information content (AvgIpc) is 3.16. The van der Waals surface area contributed by atoms with Gasteiger partial charge in [0.25, 0.3) is 0 Å². The van der Waals surface area contributed by atoms with Gasteiger partial charge in [0, 0.05) is 35.2 Å². The summed E-state index contributed by atoms with van der Waals surface area (Å²) in [6.45, 7) is 3.33. The fourth-order valence-corrected chi connectivity index (χ4v) is 4.35. The molecule has 1 unspecified atom stereocenters. The van der Waals surface area contributed by atoms with E-state index in [0.717, 1.165) is 24.2 Å². The first-order chi connectivity index (χ1) is 15.5. The summed E-state index contributed by atoms with van der Waals surface area (Å²) in [6.07, 6.45) is 0. The number of carbonyl (C=O) groups is 1.